The Bertz CT molecular complexity index is 121. The SMILES string of the molecule is CN(C#N)CC1CCC1. The molecule has 0 aromatic carbocycles. The minimum Gasteiger partial charge on any atom is -0.313 e. The summed E-state index contributed by atoms with van der Waals surface area (Å²) in [6.07, 6.45) is 6.11. The van der Waals surface area contributed by atoms with E-state index in [1.807, 2.05) is 7.05 Å². The Labute approximate surface area is 56.1 Å². The molecule has 1 fully saturated rings. The summed E-state index contributed by atoms with van der Waals surface area (Å²) in [5.41, 5.74) is 0. The fourth-order valence-electron chi connectivity index (χ4n) is 1.10. The Kier molecular flexibility index (Phi) is 1.94. The summed E-state index contributed by atoms with van der Waals surface area (Å²) in [5, 5.41) is 8.38. The second-order valence-electron chi connectivity index (χ2n) is 2.78. The van der Waals surface area contributed by atoms with E-state index >= 15 is 0 Å². The molecule has 0 amide bonds. The maximum absolute atomic E-state index is 8.38. The van der Waals surface area contributed by atoms with Crippen LogP contribution in [0.1, 0.15) is 19.3 Å². The van der Waals surface area contributed by atoms with Crippen LogP contribution in [0.5, 0.6) is 0 Å². The van der Waals surface area contributed by atoms with E-state index < -0.39 is 0 Å². The Balaban J connectivity index is 2.10. The van der Waals surface area contributed by atoms with Crippen molar-refractivity contribution in [3.05, 3.63) is 0 Å². The molecule has 2 nitrogen and oxygen atoms in total. The third-order valence-corrected chi connectivity index (χ3v) is 1.93. The molecule has 0 radical (unpaired) electrons. The van der Waals surface area contributed by atoms with Crippen LogP contribution in [0.3, 0.4) is 0 Å². The average Bonchev–Trinajstić information content (AvgIpc) is 1.78. The van der Waals surface area contributed by atoms with E-state index in [1.165, 1.54) is 19.3 Å². The van der Waals surface area contributed by atoms with E-state index in [9.17, 15) is 0 Å². The molecule has 0 bridgehead atoms. The Morgan fingerprint density at radius 1 is 1.67 bits per heavy atom. The first-order valence-corrected chi connectivity index (χ1v) is 3.44. The lowest BCUT2D eigenvalue weighted by Crippen LogP contribution is -2.25. The zero-order valence-electron chi connectivity index (χ0n) is 5.80. The fraction of sp³-hybridized carbons (Fsp3) is 0.857. The average molecular weight is 124 g/mol. The minimum atomic E-state index is 0.814. The molecule has 1 saturated carbocycles. The van der Waals surface area contributed by atoms with Crippen LogP contribution in [-0.2, 0) is 0 Å². The summed E-state index contributed by atoms with van der Waals surface area (Å²) in [7, 11) is 1.85. The smallest absolute Gasteiger partial charge is 0.179 e. The van der Waals surface area contributed by atoms with Gasteiger partial charge in [0.2, 0.25) is 0 Å². The van der Waals surface area contributed by atoms with Crippen molar-refractivity contribution in [2.75, 3.05) is 13.6 Å². The van der Waals surface area contributed by atoms with E-state index in [2.05, 4.69) is 6.19 Å². The summed E-state index contributed by atoms with van der Waals surface area (Å²) in [6.45, 7) is 0.969. The highest BCUT2D eigenvalue weighted by Gasteiger charge is 2.18. The molecule has 0 aromatic heterocycles. The third-order valence-electron chi connectivity index (χ3n) is 1.93. The lowest BCUT2D eigenvalue weighted by atomic mass is 9.85. The van der Waals surface area contributed by atoms with Gasteiger partial charge in [-0.25, -0.2) is 0 Å². The van der Waals surface area contributed by atoms with Gasteiger partial charge >= 0.3 is 0 Å². The Hall–Kier alpha value is -0.710. The van der Waals surface area contributed by atoms with E-state index in [-0.39, 0.29) is 0 Å². The van der Waals surface area contributed by atoms with E-state index in [0.717, 1.165) is 12.5 Å². The number of rotatable bonds is 2. The zero-order chi connectivity index (χ0) is 6.69. The summed E-state index contributed by atoms with van der Waals surface area (Å²) in [4.78, 5) is 1.71. The van der Waals surface area contributed by atoms with Crippen LogP contribution in [-0.4, -0.2) is 18.5 Å². The molecule has 0 saturated heterocycles. The third kappa shape index (κ3) is 1.60. The van der Waals surface area contributed by atoms with Crippen LogP contribution in [0.25, 0.3) is 0 Å². The van der Waals surface area contributed by atoms with Crippen LogP contribution >= 0.6 is 0 Å². The van der Waals surface area contributed by atoms with Gasteiger partial charge in [-0.1, -0.05) is 6.42 Å². The van der Waals surface area contributed by atoms with Crippen LogP contribution in [0.15, 0.2) is 0 Å². The zero-order valence-corrected chi connectivity index (χ0v) is 5.80. The quantitative estimate of drug-likeness (QED) is 0.408. The largest absolute Gasteiger partial charge is 0.313 e. The predicted molar refractivity (Wildman–Crippen MR) is 35.6 cm³/mol. The van der Waals surface area contributed by atoms with Gasteiger partial charge in [-0.3, -0.25) is 0 Å². The standard InChI is InChI=1S/C7H12N2/c1-9(6-8)5-7-3-2-4-7/h7H,2-5H2,1H3. The molecule has 0 heterocycles. The van der Waals surface area contributed by atoms with Gasteiger partial charge in [-0.15, -0.1) is 0 Å². The first-order chi connectivity index (χ1) is 4.33. The number of hydrogen-bond acceptors (Lipinski definition) is 2. The van der Waals surface area contributed by atoms with Crippen molar-refractivity contribution in [1.29, 1.82) is 5.26 Å². The molecule has 0 atom stereocenters. The van der Waals surface area contributed by atoms with Gasteiger partial charge < -0.3 is 4.90 Å². The van der Waals surface area contributed by atoms with E-state index in [1.54, 1.807) is 4.90 Å². The van der Waals surface area contributed by atoms with Crippen molar-refractivity contribution < 1.29 is 0 Å². The Morgan fingerprint density at radius 2 is 2.33 bits per heavy atom. The van der Waals surface area contributed by atoms with Crippen molar-refractivity contribution in [2.45, 2.75) is 19.3 Å². The summed E-state index contributed by atoms with van der Waals surface area (Å²) in [6, 6.07) is 0. The van der Waals surface area contributed by atoms with E-state index in [0.29, 0.717) is 0 Å². The van der Waals surface area contributed by atoms with Crippen molar-refractivity contribution in [3.8, 4) is 6.19 Å². The van der Waals surface area contributed by atoms with Crippen LogP contribution in [0.2, 0.25) is 0 Å². The van der Waals surface area contributed by atoms with Crippen molar-refractivity contribution in [2.24, 2.45) is 5.92 Å². The highest BCUT2D eigenvalue weighted by Crippen LogP contribution is 2.26. The molecule has 1 rings (SSSR count). The molecule has 50 valence electrons. The molecule has 9 heavy (non-hydrogen) atoms. The number of nitriles is 1. The number of nitrogens with zero attached hydrogens (tertiary/aromatic N) is 2. The van der Waals surface area contributed by atoms with Gasteiger partial charge in [-0.05, 0) is 18.8 Å². The lowest BCUT2D eigenvalue weighted by molar-refractivity contribution is 0.251. The van der Waals surface area contributed by atoms with Gasteiger partial charge in [0.25, 0.3) is 0 Å². The molecule has 1 aliphatic carbocycles. The van der Waals surface area contributed by atoms with Crippen molar-refractivity contribution >= 4 is 0 Å². The molecule has 0 spiro atoms. The monoisotopic (exact) mass is 124 g/mol. The van der Waals surface area contributed by atoms with E-state index in [4.69, 9.17) is 5.26 Å². The molecule has 1 aliphatic rings. The topological polar surface area (TPSA) is 27.0 Å². The Morgan fingerprint density at radius 3 is 2.67 bits per heavy atom. The van der Waals surface area contributed by atoms with Gasteiger partial charge in [0.15, 0.2) is 6.19 Å². The maximum atomic E-state index is 8.38. The van der Waals surface area contributed by atoms with Gasteiger partial charge in [0.05, 0.1) is 0 Å². The molecule has 0 N–H and O–H groups in total. The predicted octanol–water partition coefficient (Wildman–Crippen LogP) is 1.20. The van der Waals surface area contributed by atoms with Crippen LogP contribution in [0, 0.1) is 17.4 Å². The lowest BCUT2D eigenvalue weighted by Gasteiger charge is -2.27. The first-order valence-electron chi connectivity index (χ1n) is 3.44. The van der Waals surface area contributed by atoms with Gasteiger partial charge in [0.1, 0.15) is 0 Å². The molecule has 2 heteroatoms. The van der Waals surface area contributed by atoms with Crippen LogP contribution < -0.4 is 0 Å². The normalized spacial score (nSPS) is 18.2. The number of hydrogen-bond donors (Lipinski definition) is 0. The van der Waals surface area contributed by atoms with Crippen molar-refractivity contribution in [1.82, 2.24) is 4.90 Å². The minimum absolute atomic E-state index is 0.814. The highest BCUT2D eigenvalue weighted by molar-refractivity contribution is 4.77. The summed E-state index contributed by atoms with van der Waals surface area (Å²) >= 11 is 0. The molecule has 0 unspecified atom stereocenters. The highest BCUT2D eigenvalue weighted by atomic mass is 15.1. The summed E-state index contributed by atoms with van der Waals surface area (Å²) < 4.78 is 0. The molecule has 0 aliphatic heterocycles. The summed E-state index contributed by atoms with van der Waals surface area (Å²) in [5.74, 6) is 0.814. The maximum Gasteiger partial charge on any atom is 0.179 e. The van der Waals surface area contributed by atoms with Crippen LogP contribution in [0.4, 0.5) is 0 Å². The molecule has 0 aromatic rings. The molecular weight excluding hydrogens is 112 g/mol. The van der Waals surface area contributed by atoms with Gasteiger partial charge in [0, 0.05) is 13.6 Å². The molecular formula is C7H12N2. The van der Waals surface area contributed by atoms with Gasteiger partial charge in [-0.2, -0.15) is 5.26 Å². The fourth-order valence-corrected chi connectivity index (χ4v) is 1.10. The van der Waals surface area contributed by atoms with Crippen molar-refractivity contribution in [3.63, 3.8) is 0 Å². The second kappa shape index (κ2) is 2.72. The first kappa shape index (κ1) is 6.41. The second-order valence-corrected chi connectivity index (χ2v) is 2.78.